The predicted molar refractivity (Wildman–Crippen MR) is 87.0 cm³/mol. The normalized spacial score (nSPS) is 12.8. The van der Waals surface area contributed by atoms with Gasteiger partial charge in [0, 0.05) is 21.6 Å². The highest BCUT2D eigenvalue weighted by Crippen LogP contribution is 2.67. The molecule has 0 radical (unpaired) electrons. The molecule has 1 aromatic carbocycles. The van der Waals surface area contributed by atoms with Gasteiger partial charge in [-0.3, -0.25) is 4.57 Å². The highest BCUT2D eigenvalue weighted by Gasteiger charge is 2.55. The third-order valence-electron chi connectivity index (χ3n) is 2.91. The average Bonchev–Trinajstić information content (AvgIpc) is 2.47. The molecule has 0 amide bonds. The average molecular weight is 430 g/mol. The Balaban J connectivity index is 2.64. The van der Waals surface area contributed by atoms with Crippen molar-refractivity contribution in [1.29, 1.82) is 0 Å². The SMILES string of the molecule is CCOP(=O)(OCC)C(F)(F)c1cc2nc(Cl)ncc2cc1Br. The fourth-order valence-corrected chi connectivity index (χ4v) is 4.41. The molecule has 1 aromatic heterocycles. The van der Waals surface area contributed by atoms with E-state index in [1.54, 1.807) is 0 Å². The van der Waals surface area contributed by atoms with Crippen LogP contribution in [0.4, 0.5) is 8.78 Å². The molecule has 0 aliphatic rings. The number of halogens is 4. The first-order valence-corrected chi connectivity index (χ1v) is 9.35. The molecule has 0 saturated heterocycles. The van der Waals surface area contributed by atoms with E-state index >= 15 is 0 Å². The molecule has 0 fully saturated rings. The van der Waals surface area contributed by atoms with Gasteiger partial charge >= 0.3 is 13.3 Å². The lowest BCUT2D eigenvalue weighted by atomic mass is 10.1. The lowest BCUT2D eigenvalue weighted by molar-refractivity contribution is 0.0355. The summed E-state index contributed by atoms with van der Waals surface area (Å²) >= 11 is 8.75. The van der Waals surface area contributed by atoms with Gasteiger partial charge in [0.25, 0.3) is 0 Å². The second-order valence-electron chi connectivity index (χ2n) is 4.40. The maximum absolute atomic E-state index is 14.8. The Kier molecular flexibility index (Phi) is 5.74. The molecule has 2 rings (SSSR count). The lowest BCUT2D eigenvalue weighted by Gasteiger charge is -2.26. The van der Waals surface area contributed by atoms with Gasteiger partial charge < -0.3 is 9.05 Å². The molecular weight excluding hydrogens is 416 g/mol. The molecular formula is C13H13BrClF2N2O3P. The minimum absolute atomic E-state index is 0.0422. The van der Waals surface area contributed by atoms with Crippen LogP contribution in [-0.4, -0.2) is 23.2 Å². The summed E-state index contributed by atoms with van der Waals surface area (Å²) in [5.41, 5.74) is -4.21. The number of alkyl halides is 2. The minimum Gasteiger partial charge on any atom is -0.304 e. The van der Waals surface area contributed by atoms with Crippen molar-refractivity contribution < 1.29 is 22.4 Å². The highest BCUT2D eigenvalue weighted by atomic mass is 79.9. The first-order chi connectivity index (χ1) is 10.7. The zero-order valence-corrected chi connectivity index (χ0v) is 15.5. The highest BCUT2D eigenvalue weighted by molar-refractivity contribution is 9.10. The van der Waals surface area contributed by atoms with Gasteiger partial charge in [-0.1, -0.05) is 15.9 Å². The molecule has 0 aliphatic heterocycles. The Bertz CT molecular complexity index is 768. The van der Waals surface area contributed by atoms with E-state index in [2.05, 4.69) is 25.9 Å². The minimum atomic E-state index is -4.70. The van der Waals surface area contributed by atoms with Gasteiger partial charge in [-0.2, -0.15) is 8.78 Å². The second kappa shape index (κ2) is 7.07. The van der Waals surface area contributed by atoms with Crippen molar-refractivity contribution in [3.8, 4) is 0 Å². The van der Waals surface area contributed by atoms with E-state index in [4.69, 9.17) is 20.6 Å². The third-order valence-corrected chi connectivity index (χ3v) is 5.87. The maximum atomic E-state index is 14.8. The summed E-state index contributed by atoms with van der Waals surface area (Å²) in [6, 6.07) is 2.49. The summed E-state index contributed by atoms with van der Waals surface area (Å²) < 4.78 is 51.8. The van der Waals surface area contributed by atoms with Crippen molar-refractivity contribution in [2.75, 3.05) is 13.2 Å². The Labute approximate surface area is 145 Å². The molecule has 0 unspecified atom stereocenters. The second-order valence-corrected chi connectivity index (χ2v) is 7.67. The zero-order valence-electron chi connectivity index (χ0n) is 12.2. The van der Waals surface area contributed by atoms with Crippen LogP contribution in [0.5, 0.6) is 0 Å². The van der Waals surface area contributed by atoms with E-state index < -0.39 is 18.8 Å². The van der Waals surface area contributed by atoms with Crippen LogP contribution in [0.2, 0.25) is 5.28 Å². The number of nitrogens with zero attached hydrogens (tertiary/aromatic N) is 2. The molecule has 1 heterocycles. The number of aromatic nitrogens is 2. The molecule has 0 spiro atoms. The molecule has 0 bridgehead atoms. The number of hydrogen-bond acceptors (Lipinski definition) is 5. The largest absolute Gasteiger partial charge is 0.404 e. The zero-order chi connectivity index (χ0) is 17.3. The summed E-state index contributed by atoms with van der Waals surface area (Å²) in [6.45, 7) is 2.58. The van der Waals surface area contributed by atoms with Crippen molar-refractivity contribution >= 4 is 46.0 Å². The van der Waals surface area contributed by atoms with Crippen LogP contribution >= 0.6 is 35.1 Å². The molecule has 0 saturated carbocycles. The van der Waals surface area contributed by atoms with E-state index in [0.717, 1.165) is 6.07 Å². The van der Waals surface area contributed by atoms with E-state index in [1.165, 1.54) is 26.1 Å². The topological polar surface area (TPSA) is 61.3 Å². The third kappa shape index (κ3) is 3.56. The Hall–Kier alpha value is -0.660. The Morgan fingerprint density at radius 2 is 1.91 bits per heavy atom. The van der Waals surface area contributed by atoms with Gasteiger partial charge in [0.05, 0.1) is 18.7 Å². The van der Waals surface area contributed by atoms with Crippen molar-refractivity contribution in [3.63, 3.8) is 0 Å². The molecule has 23 heavy (non-hydrogen) atoms. The number of hydrogen-bond donors (Lipinski definition) is 0. The smallest absolute Gasteiger partial charge is 0.304 e. The van der Waals surface area contributed by atoms with Gasteiger partial charge in [0.15, 0.2) is 0 Å². The molecule has 0 aliphatic carbocycles. The van der Waals surface area contributed by atoms with Crippen molar-refractivity contribution in [3.05, 3.63) is 33.6 Å². The predicted octanol–water partition coefficient (Wildman–Crippen LogP) is 5.36. The molecule has 0 N–H and O–H groups in total. The molecule has 5 nitrogen and oxygen atoms in total. The van der Waals surface area contributed by atoms with Crippen LogP contribution in [0, 0.1) is 0 Å². The van der Waals surface area contributed by atoms with Crippen LogP contribution in [0.3, 0.4) is 0 Å². The van der Waals surface area contributed by atoms with Gasteiger partial charge in [0.1, 0.15) is 0 Å². The maximum Gasteiger partial charge on any atom is 0.404 e. The molecule has 0 atom stereocenters. The monoisotopic (exact) mass is 428 g/mol. The van der Waals surface area contributed by atoms with E-state index in [-0.39, 0.29) is 28.5 Å². The van der Waals surface area contributed by atoms with Crippen LogP contribution in [0.1, 0.15) is 19.4 Å². The Morgan fingerprint density at radius 1 is 1.30 bits per heavy atom. The first-order valence-electron chi connectivity index (χ1n) is 6.64. The summed E-state index contributed by atoms with van der Waals surface area (Å²) in [7, 11) is -4.70. The van der Waals surface area contributed by atoms with Crippen LogP contribution < -0.4 is 0 Å². The van der Waals surface area contributed by atoms with Gasteiger partial charge in [0.2, 0.25) is 5.28 Å². The Morgan fingerprint density at radius 3 is 2.48 bits per heavy atom. The fraction of sp³-hybridized carbons (Fsp3) is 0.385. The van der Waals surface area contributed by atoms with Crippen molar-refractivity contribution in [2.45, 2.75) is 19.5 Å². The van der Waals surface area contributed by atoms with Crippen molar-refractivity contribution in [1.82, 2.24) is 9.97 Å². The first kappa shape index (κ1) is 18.7. The van der Waals surface area contributed by atoms with E-state index in [0.29, 0.717) is 5.39 Å². The molecule has 2 aromatic rings. The summed E-state index contributed by atoms with van der Waals surface area (Å²) in [5.74, 6) is 0. The van der Waals surface area contributed by atoms with Crippen LogP contribution in [-0.2, 0) is 19.3 Å². The molecule has 10 heteroatoms. The van der Waals surface area contributed by atoms with Crippen molar-refractivity contribution in [2.24, 2.45) is 0 Å². The van der Waals surface area contributed by atoms with Gasteiger partial charge in [-0.15, -0.1) is 0 Å². The quantitative estimate of drug-likeness (QED) is 0.457. The molecule has 126 valence electrons. The van der Waals surface area contributed by atoms with Gasteiger partial charge in [-0.25, -0.2) is 9.97 Å². The summed E-state index contributed by atoms with van der Waals surface area (Å²) in [4.78, 5) is 7.68. The van der Waals surface area contributed by atoms with Gasteiger partial charge in [-0.05, 0) is 37.6 Å². The summed E-state index contributed by atoms with van der Waals surface area (Å²) in [6.07, 6.45) is 1.40. The number of benzene rings is 1. The number of fused-ring (bicyclic) bond motifs is 1. The number of rotatable bonds is 6. The van der Waals surface area contributed by atoms with E-state index in [1.807, 2.05) is 0 Å². The van der Waals surface area contributed by atoms with Crippen LogP contribution in [0.25, 0.3) is 10.9 Å². The fourth-order valence-electron chi connectivity index (χ4n) is 1.95. The van der Waals surface area contributed by atoms with Crippen LogP contribution in [0.15, 0.2) is 22.8 Å². The summed E-state index contributed by atoms with van der Waals surface area (Å²) in [5, 5.41) is 0.426. The van der Waals surface area contributed by atoms with E-state index in [9.17, 15) is 13.3 Å². The lowest BCUT2D eigenvalue weighted by Crippen LogP contribution is -2.19. The standard InChI is InChI=1S/C13H13BrClF2N2O3P/c1-3-21-23(20,22-4-2)13(16,17)9-6-11-8(5-10(9)14)7-18-12(15)19-11/h5-7H,3-4H2,1-2H3.